The molecule has 7 nitrogen and oxygen atoms in total. The SMILES string of the molecule is CF.Cc1ccc(-c2nc(N3CCCN(c4ncccc4C(F)F)CC3)nc(N(C)C3CCCCC3)n2)cc1. The number of nitrogens with zero attached hydrogens (tertiary/aromatic N) is 7. The van der Waals surface area contributed by atoms with Crippen LogP contribution in [0, 0.1) is 6.92 Å². The molecule has 2 aliphatic rings. The lowest BCUT2D eigenvalue weighted by atomic mass is 9.95. The van der Waals surface area contributed by atoms with E-state index >= 15 is 0 Å². The standard InChI is InChI=1S/C28H35F2N7.CH3F/c1-20-11-13-21(14-12-20)25-32-27(35(2)22-8-4-3-5-9-22)34-28(33-25)37-17-7-16-36(18-19-37)26-23(24(29)30)10-6-15-31-26;1-2/h6,10-15,22,24H,3-5,7-9,16-19H2,1-2H3;1H3. The fraction of sp³-hybridized carbons (Fsp3) is 0.517. The van der Waals surface area contributed by atoms with Crippen LogP contribution in [0.5, 0.6) is 0 Å². The number of anilines is 3. The second-order valence-electron chi connectivity index (χ2n) is 10.1. The van der Waals surface area contributed by atoms with Crippen molar-refractivity contribution < 1.29 is 13.2 Å². The van der Waals surface area contributed by atoms with Crippen LogP contribution in [0.1, 0.15) is 56.1 Å². The van der Waals surface area contributed by atoms with Gasteiger partial charge in [-0.15, -0.1) is 0 Å². The van der Waals surface area contributed by atoms with E-state index in [0.717, 1.165) is 31.4 Å². The van der Waals surface area contributed by atoms with Crippen LogP contribution in [0.4, 0.5) is 30.9 Å². The fourth-order valence-electron chi connectivity index (χ4n) is 5.29. The number of hydrogen-bond donors (Lipinski definition) is 0. The molecule has 0 atom stereocenters. The smallest absolute Gasteiger partial charge is 0.267 e. The van der Waals surface area contributed by atoms with E-state index in [0.29, 0.717) is 56.4 Å². The average Bonchev–Trinajstić information content (AvgIpc) is 3.25. The van der Waals surface area contributed by atoms with Gasteiger partial charge in [-0.25, -0.2) is 13.8 Å². The van der Waals surface area contributed by atoms with Crippen LogP contribution >= 0.6 is 0 Å². The van der Waals surface area contributed by atoms with Crippen LogP contribution in [0.15, 0.2) is 42.6 Å². The number of aryl methyl sites for hydroxylation is 1. The molecule has 39 heavy (non-hydrogen) atoms. The van der Waals surface area contributed by atoms with Gasteiger partial charge in [0.2, 0.25) is 11.9 Å². The van der Waals surface area contributed by atoms with Gasteiger partial charge in [-0.05, 0) is 38.3 Å². The van der Waals surface area contributed by atoms with E-state index in [1.165, 1.54) is 30.9 Å². The maximum Gasteiger partial charge on any atom is 0.267 e. The molecule has 10 heteroatoms. The van der Waals surface area contributed by atoms with E-state index in [-0.39, 0.29) is 5.56 Å². The lowest BCUT2D eigenvalue weighted by Crippen LogP contribution is -2.36. The van der Waals surface area contributed by atoms with Crippen molar-refractivity contribution in [2.24, 2.45) is 0 Å². The molecule has 210 valence electrons. The fourth-order valence-corrected chi connectivity index (χ4v) is 5.29. The summed E-state index contributed by atoms with van der Waals surface area (Å²) >= 11 is 0. The van der Waals surface area contributed by atoms with Gasteiger partial charge in [0.15, 0.2) is 5.82 Å². The summed E-state index contributed by atoms with van der Waals surface area (Å²) in [5.74, 6) is 2.36. The molecule has 3 aromatic rings. The molecule has 0 bridgehead atoms. The molecule has 0 spiro atoms. The van der Waals surface area contributed by atoms with E-state index in [1.54, 1.807) is 12.3 Å². The quantitative estimate of drug-likeness (QED) is 0.366. The van der Waals surface area contributed by atoms with Crippen LogP contribution in [-0.2, 0) is 0 Å². The largest absolute Gasteiger partial charge is 0.354 e. The van der Waals surface area contributed by atoms with Gasteiger partial charge in [-0.2, -0.15) is 15.0 Å². The summed E-state index contributed by atoms with van der Waals surface area (Å²) in [5, 5.41) is 0. The minimum atomic E-state index is -2.55. The van der Waals surface area contributed by atoms with E-state index < -0.39 is 6.43 Å². The maximum absolute atomic E-state index is 13.6. The zero-order valence-corrected chi connectivity index (χ0v) is 23.0. The van der Waals surface area contributed by atoms with Gasteiger partial charge in [0.05, 0.1) is 12.7 Å². The molecule has 2 fully saturated rings. The topological polar surface area (TPSA) is 61.3 Å². The predicted molar refractivity (Wildman–Crippen MR) is 151 cm³/mol. The zero-order valence-electron chi connectivity index (χ0n) is 23.0. The summed E-state index contributed by atoms with van der Waals surface area (Å²) in [5.41, 5.74) is 2.12. The van der Waals surface area contributed by atoms with Crippen molar-refractivity contribution in [1.82, 2.24) is 19.9 Å². The van der Waals surface area contributed by atoms with Gasteiger partial charge < -0.3 is 14.7 Å². The van der Waals surface area contributed by atoms with Crippen LogP contribution in [0.25, 0.3) is 11.4 Å². The van der Waals surface area contributed by atoms with Crippen LogP contribution < -0.4 is 14.7 Å². The molecule has 1 saturated heterocycles. The van der Waals surface area contributed by atoms with Gasteiger partial charge in [0, 0.05) is 51.0 Å². The Kier molecular flexibility index (Phi) is 9.95. The van der Waals surface area contributed by atoms with Crippen molar-refractivity contribution >= 4 is 17.7 Å². The van der Waals surface area contributed by atoms with Crippen LogP contribution in [-0.4, -0.2) is 66.4 Å². The number of pyridine rings is 1. The first-order valence-corrected chi connectivity index (χ1v) is 13.7. The minimum Gasteiger partial charge on any atom is -0.354 e. The molecular formula is C29H38F3N7. The molecule has 1 aromatic carbocycles. The molecule has 2 aromatic heterocycles. The Morgan fingerprint density at radius 2 is 1.54 bits per heavy atom. The van der Waals surface area contributed by atoms with Gasteiger partial charge in [-0.3, -0.25) is 4.39 Å². The third-order valence-electron chi connectivity index (χ3n) is 7.49. The predicted octanol–water partition coefficient (Wildman–Crippen LogP) is 6.25. The van der Waals surface area contributed by atoms with E-state index in [2.05, 4.69) is 53.0 Å². The molecule has 5 rings (SSSR count). The molecule has 0 radical (unpaired) electrons. The highest BCUT2D eigenvalue weighted by Gasteiger charge is 2.26. The molecule has 0 amide bonds. The molecule has 1 aliphatic carbocycles. The highest BCUT2D eigenvalue weighted by Crippen LogP contribution is 2.30. The average molecular weight is 542 g/mol. The number of aromatic nitrogens is 4. The summed E-state index contributed by atoms with van der Waals surface area (Å²) in [6, 6.07) is 11.7. The Bertz CT molecular complexity index is 1190. The van der Waals surface area contributed by atoms with E-state index in [9.17, 15) is 13.2 Å². The second-order valence-corrected chi connectivity index (χ2v) is 10.1. The van der Waals surface area contributed by atoms with Gasteiger partial charge >= 0.3 is 0 Å². The summed E-state index contributed by atoms with van der Waals surface area (Å²) in [7, 11) is 2.59. The highest BCUT2D eigenvalue weighted by molar-refractivity contribution is 5.59. The Morgan fingerprint density at radius 1 is 0.846 bits per heavy atom. The van der Waals surface area contributed by atoms with E-state index in [1.807, 2.05) is 4.90 Å². The maximum atomic E-state index is 13.6. The Balaban J connectivity index is 0.00000172. The summed E-state index contributed by atoms with van der Waals surface area (Å²) in [6.45, 7) is 4.63. The van der Waals surface area contributed by atoms with Crippen molar-refractivity contribution in [1.29, 1.82) is 0 Å². The number of benzene rings is 1. The van der Waals surface area contributed by atoms with Crippen LogP contribution in [0.3, 0.4) is 0 Å². The third-order valence-corrected chi connectivity index (χ3v) is 7.49. The molecule has 1 aliphatic heterocycles. The van der Waals surface area contributed by atoms with Crippen molar-refractivity contribution in [3.8, 4) is 11.4 Å². The van der Waals surface area contributed by atoms with E-state index in [4.69, 9.17) is 15.0 Å². The summed E-state index contributed by atoms with van der Waals surface area (Å²) in [4.78, 5) is 25.3. The minimum absolute atomic E-state index is 0.0193. The molecular weight excluding hydrogens is 503 g/mol. The number of alkyl halides is 3. The number of rotatable bonds is 6. The van der Waals surface area contributed by atoms with Gasteiger partial charge in [0.25, 0.3) is 6.43 Å². The van der Waals surface area contributed by atoms with Crippen molar-refractivity contribution in [2.75, 3.05) is 55.1 Å². The first kappa shape index (κ1) is 28.6. The second kappa shape index (κ2) is 13.6. The zero-order chi connectivity index (χ0) is 27.8. The highest BCUT2D eigenvalue weighted by atomic mass is 19.3. The molecule has 1 saturated carbocycles. The summed E-state index contributed by atoms with van der Waals surface area (Å²) < 4.78 is 36.7. The van der Waals surface area contributed by atoms with Gasteiger partial charge in [0.1, 0.15) is 5.82 Å². The Morgan fingerprint density at radius 3 is 2.26 bits per heavy atom. The number of halogens is 3. The van der Waals surface area contributed by atoms with Crippen molar-refractivity contribution in [3.05, 3.63) is 53.7 Å². The molecule has 3 heterocycles. The summed E-state index contributed by atoms with van der Waals surface area (Å²) in [6.07, 6.45) is 5.85. The van der Waals surface area contributed by atoms with Crippen molar-refractivity contribution in [3.63, 3.8) is 0 Å². The lowest BCUT2D eigenvalue weighted by molar-refractivity contribution is 0.151. The monoisotopic (exact) mass is 541 g/mol. The first-order chi connectivity index (χ1) is 19.0. The van der Waals surface area contributed by atoms with Gasteiger partial charge in [-0.1, -0.05) is 49.1 Å². The Hall–Kier alpha value is -3.43. The molecule has 0 N–H and O–H groups in total. The molecule has 0 unspecified atom stereocenters. The first-order valence-electron chi connectivity index (χ1n) is 13.7. The van der Waals surface area contributed by atoms with Crippen molar-refractivity contribution in [2.45, 2.75) is 57.9 Å². The number of hydrogen-bond acceptors (Lipinski definition) is 7. The normalized spacial score (nSPS) is 16.5. The Labute approximate surface area is 229 Å². The van der Waals surface area contributed by atoms with Crippen LogP contribution in [0.2, 0.25) is 0 Å². The lowest BCUT2D eigenvalue weighted by Gasteiger charge is -2.32. The third kappa shape index (κ3) is 6.96.